The molecular formula is C16H19N7S. The number of aryl methyl sites for hydroxylation is 1. The van der Waals surface area contributed by atoms with E-state index in [1.54, 1.807) is 6.20 Å². The lowest BCUT2D eigenvalue weighted by atomic mass is 10.2. The number of hydrogen-bond acceptors (Lipinski definition) is 7. The molecule has 0 spiro atoms. The molecule has 0 aliphatic rings. The summed E-state index contributed by atoms with van der Waals surface area (Å²) in [5.74, 6) is 6.55. The monoisotopic (exact) mass is 341 g/mol. The maximum Gasteiger partial charge on any atom is 0.147 e. The van der Waals surface area contributed by atoms with E-state index < -0.39 is 0 Å². The van der Waals surface area contributed by atoms with Crippen molar-refractivity contribution in [1.82, 2.24) is 14.8 Å². The van der Waals surface area contributed by atoms with Gasteiger partial charge in [0.1, 0.15) is 5.82 Å². The van der Waals surface area contributed by atoms with E-state index in [4.69, 9.17) is 11.6 Å². The van der Waals surface area contributed by atoms with Crippen LogP contribution in [0.4, 0.5) is 11.5 Å². The second-order valence-electron chi connectivity index (χ2n) is 5.25. The Morgan fingerprint density at radius 3 is 2.83 bits per heavy atom. The van der Waals surface area contributed by atoms with Crippen LogP contribution in [0.25, 0.3) is 10.9 Å². The van der Waals surface area contributed by atoms with E-state index in [-0.39, 0.29) is 0 Å². The molecule has 5 N–H and O–H groups in total. The van der Waals surface area contributed by atoms with Crippen molar-refractivity contribution in [2.24, 2.45) is 18.6 Å². The molecule has 2 heterocycles. The summed E-state index contributed by atoms with van der Waals surface area (Å²) in [5.41, 5.74) is 8.26. The first-order valence-electron chi connectivity index (χ1n) is 7.33. The zero-order valence-electron chi connectivity index (χ0n) is 13.5. The molecule has 0 saturated carbocycles. The lowest BCUT2D eigenvalue weighted by molar-refractivity contribution is 0.798. The number of rotatable bonds is 5. The van der Waals surface area contributed by atoms with Gasteiger partial charge in [0.25, 0.3) is 0 Å². The number of anilines is 2. The highest BCUT2D eigenvalue weighted by atomic mass is 32.2. The Morgan fingerprint density at radius 1 is 1.29 bits per heavy atom. The van der Waals surface area contributed by atoms with Crippen molar-refractivity contribution in [3.05, 3.63) is 54.6 Å². The molecule has 0 fully saturated rings. The van der Waals surface area contributed by atoms with Gasteiger partial charge < -0.3 is 10.5 Å². The Labute approximate surface area is 144 Å². The van der Waals surface area contributed by atoms with Gasteiger partial charge in [0.2, 0.25) is 0 Å². The molecule has 3 aromatic rings. The van der Waals surface area contributed by atoms with E-state index in [1.807, 2.05) is 55.2 Å². The second kappa shape index (κ2) is 6.81. The fourth-order valence-electron chi connectivity index (χ4n) is 2.27. The number of para-hydroxylation sites is 1. The number of allylic oxidation sites excluding steroid dienone is 1. The van der Waals surface area contributed by atoms with Gasteiger partial charge in [0, 0.05) is 35.4 Å². The van der Waals surface area contributed by atoms with Gasteiger partial charge in [-0.15, -0.1) is 0 Å². The average molecular weight is 341 g/mol. The van der Waals surface area contributed by atoms with Gasteiger partial charge in [0.15, 0.2) is 0 Å². The number of benzene rings is 1. The molecule has 0 aliphatic carbocycles. The number of nitrogens with zero attached hydrogens (tertiary/aromatic N) is 4. The van der Waals surface area contributed by atoms with Gasteiger partial charge in [-0.3, -0.25) is 9.69 Å². The maximum absolute atomic E-state index is 5.92. The van der Waals surface area contributed by atoms with Gasteiger partial charge in [-0.1, -0.05) is 12.1 Å². The van der Waals surface area contributed by atoms with E-state index in [2.05, 4.69) is 14.8 Å². The minimum atomic E-state index is 0.632. The summed E-state index contributed by atoms with van der Waals surface area (Å²) < 4.78 is 5.21. The molecule has 0 unspecified atom stereocenters. The van der Waals surface area contributed by atoms with Crippen molar-refractivity contribution in [3.8, 4) is 0 Å². The summed E-state index contributed by atoms with van der Waals surface area (Å²) in [5, 5.41) is 6.83. The predicted octanol–water partition coefficient (Wildman–Crippen LogP) is 2.59. The highest BCUT2D eigenvalue weighted by Crippen LogP contribution is 2.28. The minimum Gasteiger partial charge on any atom is -0.403 e. The summed E-state index contributed by atoms with van der Waals surface area (Å²) in [7, 11) is 1.93. The fraction of sp³-hybridized carbons (Fsp3) is 0.125. The Balaban J connectivity index is 1.74. The van der Waals surface area contributed by atoms with E-state index in [0.29, 0.717) is 5.82 Å². The first kappa shape index (κ1) is 16.2. The first-order valence-corrected chi connectivity index (χ1v) is 8.15. The third kappa shape index (κ3) is 3.15. The molecule has 0 aliphatic heterocycles. The van der Waals surface area contributed by atoms with Gasteiger partial charge in [-0.05, 0) is 37.1 Å². The highest BCUT2D eigenvalue weighted by molar-refractivity contribution is 8.00. The molecule has 3 rings (SSSR count). The highest BCUT2D eigenvalue weighted by Gasteiger charge is 2.07. The summed E-state index contributed by atoms with van der Waals surface area (Å²) in [6, 6.07) is 9.87. The summed E-state index contributed by atoms with van der Waals surface area (Å²) in [6.07, 6.45) is 5.06. The molecule has 24 heavy (non-hydrogen) atoms. The molecule has 0 radical (unpaired) electrons. The largest absolute Gasteiger partial charge is 0.403 e. The predicted molar refractivity (Wildman–Crippen MR) is 99.0 cm³/mol. The van der Waals surface area contributed by atoms with Gasteiger partial charge in [-0.2, -0.15) is 5.10 Å². The molecule has 0 atom stereocenters. The third-order valence-corrected chi connectivity index (χ3v) is 4.43. The first-order chi connectivity index (χ1) is 11.6. The van der Waals surface area contributed by atoms with Crippen LogP contribution < -0.4 is 21.3 Å². The Kier molecular flexibility index (Phi) is 4.59. The lowest BCUT2D eigenvalue weighted by Gasteiger charge is -2.17. The molecule has 1 aromatic carbocycles. The van der Waals surface area contributed by atoms with Crippen LogP contribution in [0.2, 0.25) is 0 Å². The van der Waals surface area contributed by atoms with Crippen molar-refractivity contribution < 1.29 is 0 Å². The summed E-state index contributed by atoms with van der Waals surface area (Å²) in [4.78, 5) is 5.33. The minimum absolute atomic E-state index is 0.632. The van der Waals surface area contributed by atoms with E-state index >= 15 is 0 Å². The van der Waals surface area contributed by atoms with Gasteiger partial charge >= 0.3 is 0 Å². The smallest absolute Gasteiger partial charge is 0.147 e. The summed E-state index contributed by atoms with van der Waals surface area (Å²) >= 11 is 1.48. The van der Waals surface area contributed by atoms with Crippen molar-refractivity contribution in [3.63, 3.8) is 0 Å². The van der Waals surface area contributed by atoms with Crippen molar-refractivity contribution >= 4 is 34.4 Å². The fourth-order valence-corrected chi connectivity index (χ4v) is 2.90. The normalized spacial score (nSPS) is 11.7. The van der Waals surface area contributed by atoms with Crippen LogP contribution in [0.1, 0.15) is 6.92 Å². The Bertz CT molecular complexity index is 870. The zero-order valence-corrected chi connectivity index (χ0v) is 14.3. The number of nitrogens with two attached hydrogens (primary N) is 2. The van der Waals surface area contributed by atoms with Crippen LogP contribution in [0.3, 0.4) is 0 Å². The van der Waals surface area contributed by atoms with Crippen molar-refractivity contribution in [2.75, 3.05) is 9.73 Å². The molecule has 0 saturated heterocycles. The summed E-state index contributed by atoms with van der Waals surface area (Å²) in [6.45, 7) is 1.82. The quantitative estimate of drug-likeness (QED) is 0.373. The lowest BCUT2D eigenvalue weighted by Crippen LogP contribution is -2.30. The van der Waals surface area contributed by atoms with Crippen LogP contribution >= 0.6 is 11.9 Å². The van der Waals surface area contributed by atoms with Crippen molar-refractivity contribution in [2.45, 2.75) is 11.8 Å². The Morgan fingerprint density at radius 2 is 2.12 bits per heavy atom. The Hall–Kier alpha value is -2.71. The van der Waals surface area contributed by atoms with Gasteiger partial charge in [-0.25, -0.2) is 10.8 Å². The molecular weight excluding hydrogens is 322 g/mol. The number of fused-ring (bicyclic) bond motifs is 1. The van der Waals surface area contributed by atoms with Crippen LogP contribution in [0.5, 0.6) is 0 Å². The van der Waals surface area contributed by atoms with Crippen molar-refractivity contribution in [1.29, 1.82) is 0 Å². The second-order valence-corrected chi connectivity index (χ2v) is 6.13. The number of aromatic nitrogens is 3. The molecule has 2 aromatic heterocycles. The SMILES string of the molecule is C/C(=C/N)N(N)c1ccc(SNc2cccc3cnn(C)c23)cn1. The molecule has 7 nitrogen and oxygen atoms in total. The average Bonchev–Trinajstić information content (AvgIpc) is 3.01. The van der Waals surface area contributed by atoms with Crippen LogP contribution in [0.15, 0.2) is 59.5 Å². The topological polar surface area (TPSA) is 98.0 Å². The number of hydrazine groups is 1. The number of pyridine rings is 1. The van der Waals surface area contributed by atoms with Crippen LogP contribution in [-0.4, -0.2) is 14.8 Å². The molecule has 0 bridgehead atoms. The third-order valence-electron chi connectivity index (χ3n) is 3.63. The molecule has 0 amide bonds. The zero-order chi connectivity index (χ0) is 17.1. The standard InChI is InChI=1S/C16H19N7S/c1-11(8-17)23(18)15-7-6-13(10-19-15)24-21-14-5-3-4-12-9-20-22(2)16(12)14/h3-10,21H,17-18H2,1-2H3/b11-8-. The molecule has 124 valence electrons. The number of hydrogen-bond donors (Lipinski definition) is 3. The van der Waals surface area contributed by atoms with Crippen LogP contribution in [0, 0.1) is 0 Å². The van der Waals surface area contributed by atoms with Gasteiger partial charge in [0.05, 0.1) is 17.4 Å². The van der Waals surface area contributed by atoms with E-state index in [1.165, 1.54) is 23.2 Å². The van der Waals surface area contributed by atoms with Crippen LogP contribution in [-0.2, 0) is 7.05 Å². The molecule has 8 heteroatoms. The number of nitrogens with one attached hydrogen (secondary N) is 1. The van der Waals surface area contributed by atoms with E-state index in [0.717, 1.165) is 27.2 Å². The maximum atomic E-state index is 5.92. The van der Waals surface area contributed by atoms with E-state index in [9.17, 15) is 0 Å².